The Kier molecular flexibility index (Phi) is 3.83. The van der Waals surface area contributed by atoms with Crippen LogP contribution in [0.4, 0.5) is 5.69 Å². The van der Waals surface area contributed by atoms with E-state index in [1.165, 1.54) is 0 Å². The molecule has 0 unspecified atom stereocenters. The summed E-state index contributed by atoms with van der Waals surface area (Å²) in [7, 11) is 0. The number of anilines is 1. The summed E-state index contributed by atoms with van der Waals surface area (Å²) in [5.74, 6) is 1.01. The first-order valence-electron chi connectivity index (χ1n) is 6.34. The van der Waals surface area contributed by atoms with Gasteiger partial charge in [0.05, 0.1) is 0 Å². The minimum atomic E-state index is 0.451. The molecule has 2 aromatic carbocycles. The number of rotatable bonds is 3. The minimum absolute atomic E-state index is 0.451. The first-order chi connectivity index (χ1) is 10.2. The van der Waals surface area contributed by atoms with Gasteiger partial charge in [-0.25, -0.2) is 0 Å². The van der Waals surface area contributed by atoms with Crippen molar-refractivity contribution in [2.24, 2.45) is 0 Å². The molecule has 0 atom stereocenters. The first-order valence-corrected chi connectivity index (χ1v) is 7.13. The van der Waals surface area contributed by atoms with Gasteiger partial charge in [-0.15, -0.1) is 0 Å². The van der Waals surface area contributed by atoms with Gasteiger partial charge in [0, 0.05) is 21.8 Å². The maximum Gasteiger partial charge on any atom is 0.250 e. The summed E-state index contributed by atoms with van der Waals surface area (Å²) in [6.07, 6.45) is 3.65. The molecule has 0 aliphatic rings. The lowest BCUT2D eigenvalue weighted by Crippen LogP contribution is -1.83. The molecule has 4 nitrogen and oxygen atoms in total. The molecule has 0 radical (unpaired) electrons. The fourth-order valence-corrected chi connectivity index (χ4v) is 2.28. The zero-order valence-electron chi connectivity index (χ0n) is 11.0. The zero-order valence-corrected chi connectivity index (χ0v) is 12.6. The van der Waals surface area contributed by atoms with Crippen LogP contribution < -0.4 is 5.73 Å². The van der Waals surface area contributed by atoms with Gasteiger partial charge >= 0.3 is 0 Å². The van der Waals surface area contributed by atoms with Gasteiger partial charge < -0.3 is 10.3 Å². The van der Waals surface area contributed by atoms with Crippen LogP contribution in [0.5, 0.6) is 0 Å². The monoisotopic (exact) mass is 341 g/mol. The molecule has 0 saturated heterocycles. The highest BCUT2D eigenvalue weighted by molar-refractivity contribution is 9.10. The van der Waals surface area contributed by atoms with Crippen LogP contribution in [0.1, 0.15) is 11.5 Å². The molecule has 2 N–H and O–H groups in total. The van der Waals surface area contributed by atoms with Crippen molar-refractivity contribution in [1.82, 2.24) is 10.1 Å². The Labute approximate surface area is 130 Å². The second-order valence-corrected chi connectivity index (χ2v) is 5.39. The van der Waals surface area contributed by atoms with Crippen molar-refractivity contribution in [3.05, 3.63) is 64.5 Å². The van der Waals surface area contributed by atoms with Crippen LogP contribution in [0.3, 0.4) is 0 Å². The van der Waals surface area contributed by atoms with E-state index in [4.69, 9.17) is 10.3 Å². The smallest absolute Gasteiger partial charge is 0.250 e. The van der Waals surface area contributed by atoms with E-state index in [1.54, 1.807) is 6.08 Å². The number of nitrogens with zero attached hydrogens (tertiary/aromatic N) is 2. The number of nitrogens with two attached hydrogens (primary N) is 1. The summed E-state index contributed by atoms with van der Waals surface area (Å²) >= 11 is 3.42. The molecule has 3 aromatic rings. The molecule has 21 heavy (non-hydrogen) atoms. The van der Waals surface area contributed by atoms with Gasteiger partial charge in [-0.3, -0.25) is 0 Å². The molecule has 0 spiro atoms. The van der Waals surface area contributed by atoms with Gasteiger partial charge in [0.15, 0.2) is 0 Å². The Morgan fingerprint density at radius 1 is 1.05 bits per heavy atom. The molecule has 1 heterocycles. The highest BCUT2D eigenvalue weighted by Crippen LogP contribution is 2.21. The van der Waals surface area contributed by atoms with E-state index in [-0.39, 0.29) is 0 Å². The molecule has 3 rings (SSSR count). The molecular weight excluding hydrogens is 330 g/mol. The fourth-order valence-electron chi connectivity index (χ4n) is 1.88. The highest BCUT2D eigenvalue weighted by Gasteiger charge is 2.06. The van der Waals surface area contributed by atoms with Crippen LogP contribution in [0, 0.1) is 0 Å². The Morgan fingerprint density at radius 3 is 2.71 bits per heavy atom. The SMILES string of the molecule is Nc1cccc(/C=C/c2nc(-c3cccc(Br)c3)no2)c1. The fraction of sp³-hybridized carbons (Fsp3) is 0. The molecule has 104 valence electrons. The number of hydrogen-bond donors (Lipinski definition) is 1. The predicted octanol–water partition coefficient (Wildman–Crippen LogP) is 4.25. The second kappa shape index (κ2) is 5.93. The molecule has 0 saturated carbocycles. The van der Waals surface area contributed by atoms with Crippen molar-refractivity contribution >= 4 is 33.8 Å². The molecule has 5 heteroatoms. The third kappa shape index (κ3) is 3.38. The number of benzene rings is 2. The van der Waals surface area contributed by atoms with Gasteiger partial charge in [-0.2, -0.15) is 4.98 Å². The molecule has 0 aliphatic carbocycles. The van der Waals surface area contributed by atoms with Crippen LogP contribution in [-0.2, 0) is 0 Å². The maximum absolute atomic E-state index is 5.73. The van der Waals surface area contributed by atoms with Crippen molar-refractivity contribution in [1.29, 1.82) is 0 Å². The van der Waals surface area contributed by atoms with Crippen molar-refractivity contribution < 1.29 is 4.52 Å². The number of nitrogen functional groups attached to an aromatic ring is 1. The molecular formula is C16H12BrN3O. The summed E-state index contributed by atoms with van der Waals surface area (Å²) in [4.78, 5) is 4.34. The minimum Gasteiger partial charge on any atom is -0.399 e. The molecule has 0 fully saturated rings. The van der Waals surface area contributed by atoms with E-state index in [9.17, 15) is 0 Å². The lowest BCUT2D eigenvalue weighted by atomic mass is 10.2. The van der Waals surface area contributed by atoms with Gasteiger partial charge in [-0.1, -0.05) is 45.4 Å². The lowest BCUT2D eigenvalue weighted by Gasteiger charge is -1.94. The first kappa shape index (κ1) is 13.6. The van der Waals surface area contributed by atoms with Crippen molar-refractivity contribution in [3.63, 3.8) is 0 Å². The Hall–Kier alpha value is -2.40. The summed E-state index contributed by atoms with van der Waals surface area (Å²) in [5, 5.41) is 3.97. The molecule has 0 amide bonds. The van der Waals surface area contributed by atoms with Crippen molar-refractivity contribution in [2.45, 2.75) is 0 Å². The largest absolute Gasteiger partial charge is 0.399 e. The van der Waals surface area contributed by atoms with Gasteiger partial charge in [0.1, 0.15) is 0 Å². The quantitative estimate of drug-likeness (QED) is 0.723. The lowest BCUT2D eigenvalue weighted by molar-refractivity contribution is 0.411. The summed E-state index contributed by atoms with van der Waals surface area (Å²) < 4.78 is 6.19. The summed E-state index contributed by atoms with van der Waals surface area (Å²) in [5.41, 5.74) is 8.34. The van der Waals surface area contributed by atoms with Crippen molar-refractivity contribution in [3.8, 4) is 11.4 Å². The third-order valence-corrected chi connectivity index (χ3v) is 3.35. The van der Waals surface area contributed by atoms with E-state index in [2.05, 4.69) is 26.1 Å². The standard InChI is InChI=1S/C16H12BrN3O/c17-13-5-2-4-12(10-13)16-19-15(21-20-16)8-7-11-3-1-6-14(18)9-11/h1-10H,18H2/b8-7+. The van der Waals surface area contributed by atoms with Gasteiger partial charge in [-0.05, 0) is 35.9 Å². The van der Waals surface area contributed by atoms with E-state index in [0.29, 0.717) is 11.7 Å². The Bertz CT molecular complexity index is 795. The van der Waals surface area contributed by atoms with Crippen LogP contribution in [-0.4, -0.2) is 10.1 Å². The maximum atomic E-state index is 5.73. The average Bonchev–Trinajstić information content (AvgIpc) is 2.94. The normalized spacial score (nSPS) is 11.1. The topological polar surface area (TPSA) is 64.9 Å². The number of halogens is 1. The summed E-state index contributed by atoms with van der Waals surface area (Å²) in [6, 6.07) is 15.3. The third-order valence-electron chi connectivity index (χ3n) is 2.85. The van der Waals surface area contributed by atoms with E-state index >= 15 is 0 Å². The summed E-state index contributed by atoms with van der Waals surface area (Å²) in [6.45, 7) is 0. The Balaban J connectivity index is 1.82. The molecule has 0 bridgehead atoms. The highest BCUT2D eigenvalue weighted by atomic mass is 79.9. The predicted molar refractivity (Wildman–Crippen MR) is 87.2 cm³/mol. The van der Waals surface area contributed by atoms with Crippen molar-refractivity contribution in [2.75, 3.05) is 5.73 Å². The van der Waals surface area contributed by atoms with Crippen LogP contribution in [0.25, 0.3) is 23.5 Å². The number of aromatic nitrogens is 2. The second-order valence-electron chi connectivity index (χ2n) is 4.47. The van der Waals surface area contributed by atoms with Crippen LogP contribution >= 0.6 is 15.9 Å². The van der Waals surface area contributed by atoms with E-state index in [0.717, 1.165) is 21.3 Å². The van der Waals surface area contributed by atoms with Crippen LogP contribution in [0.2, 0.25) is 0 Å². The average molecular weight is 342 g/mol. The molecule has 0 aliphatic heterocycles. The Morgan fingerprint density at radius 2 is 1.90 bits per heavy atom. The van der Waals surface area contributed by atoms with E-state index in [1.807, 2.05) is 54.6 Å². The van der Waals surface area contributed by atoms with E-state index < -0.39 is 0 Å². The zero-order chi connectivity index (χ0) is 14.7. The van der Waals surface area contributed by atoms with Gasteiger partial charge in [0.2, 0.25) is 5.82 Å². The number of hydrogen-bond acceptors (Lipinski definition) is 4. The molecule has 1 aromatic heterocycles. The van der Waals surface area contributed by atoms with Crippen LogP contribution in [0.15, 0.2) is 57.5 Å². The van der Waals surface area contributed by atoms with Gasteiger partial charge in [0.25, 0.3) is 5.89 Å².